The first-order valence-corrected chi connectivity index (χ1v) is 4.77. The molecular formula is C10H15N3. The van der Waals surface area contributed by atoms with Gasteiger partial charge in [0.2, 0.25) is 0 Å². The summed E-state index contributed by atoms with van der Waals surface area (Å²) in [5.74, 6) is 0. The average Bonchev–Trinajstić information content (AvgIpc) is 2.62. The number of aryl methyl sites for hydroxylation is 1. The third-order valence-corrected chi connectivity index (χ3v) is 2.59. The van der Waals surface area contributed by atoms with E-state index in [-0.39, 0.29) is 0 Å². The summed E-state index contributed by atoms with van der Waals surface area (Å²) in [6.45, 7) is 4.66. The Kier molecular flexibility index (Phi) is 2.19. The van der Waals surface area contributed by atoms with Crippen LogP contribution in [0.2, 0.25) is 0 Å². The summed E-state index contributed by atoms with van der Waals surface area (Å²) in [6.07, 6.45) is 4.37. The molecular weight excluding hydrogens is 162 g/mol. The Morgan fingerprint density at radius 2 is 2.38 bits per heavy atom. The zero-order chi connectivity index (χ0) is 9.26. The van der Waals surface area contributed by atoms with Crippen LogP contribution in [0.15, 0.2) is 6.58 Å². The highest BCUT2D eigenvalue weighted by molar-refractivity contribution is 5.64. The Hall–Kier alpha value is -1.09. The van der Waals surface area contributed by atoms with E-state index in [0.29, 0.717) is 6.54 Å². The summed E-state index contributed by atoms with van der Waals surface area (Å²) in [5.41, 5.74) is 10.3. The van der Waals surface area contributed by atoms with Gasteiger partial charge in [-0.3, -0.25) is 5.10 Å². The fourth-order valence-electron chi connectivity index (χ4n) is 1.90. The number of aromatic amines is 1. The van der Waals surface area contributed by atoms with Gasteiger partial charge in [-0.05, 0) is 37.8 Å². The molecule has 0 aliphatic heterocycles. The standard InChI is InChI=1S/C10H15N3/c1-7(5-6-11)10-8-3-2-4-9(8)12-13-10/h1-6,11H2,(H,12,13). The zero-order valence-corrected chi connectivity index (χ0v) is 7.77. The van der Waals surface area contributed by atoms with E-state index >= 15 is 0 Å². The van der Waals surface area contributed by atoms with Gasteiger partial charge in [0.05, 0.1) is 5.69 Å². The topological polar surface area (TPSA) is 54.7 Å². The molecule has 0 unspecified atom stereocenters. The second kappa shape index (κ2) is 3.34. The number of nitrogens with one attached hydrogen (secondary N) is 1. The second-order valence-electron chi connectivity index (χ2n) is 3.53. The van der Waals surface area contributed by atoms with Crippen LogP contribution in [0.5, 0.6) is 0 Å². The van der Waals surface area contributed by atoms with Crippen LogP contribution in [0, 0.1) is 0 Å². The molecule has 0 amide bonds. The van der Waals surface area contributed by atoms with Crippen LogP contribution in [0.1, 0.15) is 29.8 Å². The van der Waals surface area contributed by atoms with Crippen molar-refractivity contribution in [2.75, 3.05) is 6.54 Å². The van der Waals surface area contributed by atoms with Gasteiger partial charge in [0.1, 0.15) is 0 Å². The van der Waals surface area contributed by atoms with Gasteiger partial charge in [-0.15, -0.1) is 0 Å². The van der Waals surface area contributed by atoms with E-state index in [0.717, 1.165) is 30.5 Å². The molecule has 0 saturated carbocycles. The third kappa shape index (κ3) is 1.40. The molecule has 1 aliphatic carbocycles. The lowest BCUT2D eigenvalue weighted by Crippen LogP contribution is -2.00. The minimum Gasteiger partial charge on any atom is -0.330 e. The highest BCUT2D eigenvalue weighted by Gasteiger charge is 2.19. The van der Waals surface area contributed by atoms with Gasteiger partial charge < -0.3 is 5.73 Å². The van der Waals surface area contributed by atoms with Crippen molar-refractivity contribution in [3.05, 3.63) is 23.5 Å². The van der Waals surface area contributed by atoms with Crippen LogP contribution in [-0.4, -0.2) is 16.7 Å². The molecule has 1 aliphatic rings. The van der Waals surface area contributed by atoms with E-state index in [2.05, 4.69) is 16.8 Å². The van der Waals surface area contributed by atoms with E-state index in [1.807, 2.05) is 0 Å². The van der Waals surface area contributed by atoms with Crippen LogP contribution in [0.3, 0.4) is 0 Å². The fourth-order valence-corrected chi connectivity index (χ4v) is 1.90. The lowest BCUT2D eigenvalue weighted by molar-refractivity contribution is 0.857. The average molecular weight is 177 g/mol. The summed E-state index contributed by atoms with van der Waals surface area (Å²) in [6, 6.07) is 0. The van der Waals surface area contributed by atoms with Crippen LogP contribution >= 0.6 is 0 Å². The molecule has 70 valence electrons. The Morgan fingerprint density at radius 1 is 1.54 bits per heavy atom. The first-order valence-electron chi connectivity index (χ1n) is 4.77. The second-order valence-corrected chi connectivity index (χ2v) is 3.53. The molecule has 0 atom stereocenters. The van der Waals surface area contributed by atoms with Gasteiger partial charge in [-0.1, -0.05) is 6.58 Å². The SMILES string of the molecule is C=C(CCN)c1n[nH]c2c1CCC2. The normalized spacial score (nSPS) is 14.5. The zero-order valence-electron chi connectivity index (χ0n) is 7.77. The van der Waals surface area contributed by atoms with Crippen molar-refractivity contribution in [3.8, 4) is 0 Å². The molecule has 1 aromatic rings. The van der Waals surface area contributed by atoms with Crippen molar-refractivity contribution in [1.29, 1.82) is 0 Å². The number of hydrogen-bond donors (Lipinski definition) is 2. The van der Waals surface area contributed by atoms with Gasteiger partial charge in [-0.25, -0.2) is 0 Å². The molecule has 3 nitrogen and oxygen atoms in total. The Labute approximate surface area is 78.0 Å². The van der Waals surface area contributed by atoms with Crippen LogP contribution in [-0.2, 0) is 12.8 Å². The first kappa shape index (κ1) is 8.51. The smallest absolute Gasteiger partial charge is 0.0909 e. The van der Waals surface area contributed by atoms with Crippen molar-refractivity contribution in [1.82, 2.24) is 10.2 Å². The molecule has 0 fully saturated rings. The Bertz CT molecular complexity index is 325. The quantitative estimate of drug-likeness (QED) is 0.730. The van der Waals surface area contributed by atoms with E-state index in [1.54, 1.807) is 0 Å². The third-order valence-electron chi connectivity index (χ3n) is 2.59. The summed E-state index contributed by atoms with van der Waals surface area (Å²) < 4.78 is 0. The van der Waals surface area contributed by atoms with Crippen molar-refractivity contribution in [3.63, 3.8) is 0 Å². The summed E-state index contributed by atoms with van der Waals surface area (Å²) in [7, 11) is 0. The number of hydrogen-bond acceptors (Lipinski definition) is 2. The highest BCUT2D eigenvalue weighted by atomic mass is 15.1. The molecule has 0 radical (unpaired) electrons. The first-order chi connectivity index (χ1) is 6.33. The van der Waals surface area contributed by atoms with Gasteiger partial charge in [0.25, 0.3) is 0 Å². The van der Waals surface area contributed by atoms with Gasteiger partial charge in [0, 0.05) is 11.3 Å². The largest absolute Gasteiger partial charge is 0.330 e. The van der Waals surface area contributed by atoms with Crippen molar-refractivity contribution in [2.24, 2.45) is 5.73 Å². The number of aromatic nitrogens is 2. The minimum absolute atomic E-state index is 0.653. The molecule has 1 aromatic heterocycles. The Morgan fingerprint density at radius 3 is 3.15 bits per heavy atom. The predicted molar refractivity (Wildman–Crippen MR) is 53.3 cm³/mol. The van der Waals surface area contributed by atoms with Gasteiger partial charge in [-0.2, -0.15) is 5.10 Å². The monoisotopic (exact) mass is 177 g/mol. The summed E-state index contributed by atoms with van der Waals surface area (Å²) in [4.78, 5) is 0. The molecule has 2 rings (SSSR count). The summed E-state index contributed by atoms with van der Waals surface area (Å²) >= 11 is 0. The molecule has 0 saturated heterocycles. The maximum absolute atomic E-state index is 5.48. The van der Waals surface area contributed by atoms with E-state index in [1.165, 1.54) is 17.7 Å². The maximum Gasteiger partial charge on any atom is 0.0909 e. The minimum atomic E-state index is 0.653. The number of nitrogens with zero attached hydrogens (tertiary/aromatic N) is 1. The number of rotatable bonds is 3. The molecule has 3 N–H and O–H groups in total. The van der Waals surface area contributed by atoms with Crippen molar-refractivity contribution in [2.45, 2.75) is 25.7 Å². The van der Waals surface area contributed by atoms with Gasteiger partial charge in [0.15, 0.2) is 0 Å². The van der Waals surface area contributed by atoms with E-state index in [4.69, 9.17) is 5.73 Å². The van der Waals surface area contributed by atoms with Crippen molar-refractivity contribution >= 4 is 5.57 Å². The molecule has 1 heterocycles. The van der Waals surface area contributed by atoms with Crippen LogP contribution < -0.4 is 5.73 Å². The predicted octanol–water partition coefficient (Wildman–Crippen LogP) is 1.26. The van der Waals surface area contributed by atoms with Crippen LogP contribution in [0.4, 0.5) is 0 Å². The number of H-pyrrole nitrogens is 1. The molecule has 13 heavy (non-hydrogen) atoms. The molecule has 0 spiro atoms. The lowest BCUT2D eigenvalue weighted by Gasteiger charge is -2.01. The summed E-state index contributed by atoms with van der Waals surface area (Å²) in [5, 5.41) is 7.35. The molecule has 3 heteroatoms. The maximum atomic E-state index is 5.48. The van der Waals surface area contributed by atoms with Crippen molar-refractivity contribution < 1.29 is 0 Å². The Balaban J connectivity index is 2.26. The molecule has 0 aromatic carbocycles. The molecule has 0 bridgehead atoms. The highest BCUT2D eigenvalue weighted by Crippen LogP contribution is 2.27. The van der Waals surface area contributed by atoms with E-state index < -0.39 is 0 Å². The van der Waals surface area contributed by atoms with Crippen LogP contribution in [0.25, 0.3) is 5.57 Å². The lowest BCUT2D eigenvalue weighted by atomic mass is 10.1. The number of fused-ring (bicyclic) bond motifs is 1. The fraction of sp³-hybridized carbons (Fsp3) is 0.500. The van der Waals surface area contributed by atoms with Gasteiger partial charge >= 0.3 is 0 Å². The number of nitrogens with two attached hydrogens (primary N) is 1. The van der Waals surface area contributed by atoms with E-state index in [9.17, 15) is 0 Å².